The Bertz CT molecular complexity index is 590. The van der Waals surface area contributed by atoms with Crippen LogP contribution in [0.15, 0.2) is 24.3 Å². The predicted molar refractivity (Wildman–Crippen MR) is 91.8 cm³/mol. The number of hydrogen-bond donors (Lipinski definition) is 2. The lowest BCUT2D eigenvalue weighted by Gasteiger charge is -2.35. The van der Waals surface area contributed by atoms with E-state index in [1.54, 1.807) is 7.05 Å². The molecule has 0 saturated carbocycles. The van der Waals surface area contributed by atoms with Crippen molar-refractivity contribution in [1.82, 2.24) is 10.6 Å². The number of rotatable bonds is 3. The van der Waals surface area contributed by atoms with E-state index in [0.717, 1.165) is 25.1 Å². The summed E-state index contributed by atoms with van der Waals surface area (Å²) >= 11 is 5.53. The van der Waals surface area contributed by atoms with Crippen molar-refractivity contribution in [2.75, 3.05) is 31.6 Å². The Morgan fingerprint density at radius 3 is 3.00 bits per heavy atom. The first-order valence-corrected chi connectivity index (χ1v) is 8.24. The molecular weight excluding hydrogens is 314 g/mol. The second-order valence-electron chi connectivity index (χ2n) is 5.62. The molecule has 0 aliphatic carbocycles. The summed E-state index contributed by atoms with van der Waals surface area (Å²) in [5.74, 6) is 0.500. The number of benzene rings is 1. The van der Waals surface area contributed by atoms with Crippen LogP contribution in [-0.4, -0.2) is 50.0 Å². The molecule has 0 spiro atoms. The van der Waals surface area contributed by atoms with Gasteiger partial charge < -0.3 is 25.0 Å². The minimum absolute atomic E-state index is 0.161. The molecule has 2 N–H and O–H groups in total. The van der Waals surface area contributed by atoms with Crippen molar-refractivity contribution < 1.29 is 14.3 Å². The van der Waals surface area contributed by atoms with Gasteiger partial charge in [-0.1, -0.05) is 12.1 Å². The Morgan fingerprint density at radius 1 is 1.43 bits per heavy atom. The summed E-state index contributed by atoms with van der Waals surface area (Å²) in [5, 5.41) is 6.47. The molecule has 2 aliphatic heterocycles. The van der Waals surface area contributed by atoms with Gasteiger partial charge in [0.2, 0.25) is 0 Å². The number of likely N-dealkylation sites (N-methyl/N-ethyl adjacent to an activating group) is 1. The number of nitrogens with one attached hydrogen (secondary N) is 2. The van der Waals surface area contributed by atoms with Crippen molar-refractivity contribution in [2.24, 2.45) is 0 Å². The third-order valence-corrected chi connectivity index (χ3v) is 4.43. The molecule has 2 atom stereocenters. The number of amides is 1. The molecule has 1 aromatic carbocycles. The number of nitrogens with zero attached hydrogens (tertiary/aromatic N) is 1. The standard InChI is InChI=1S/C16H21N3O3S/c1-17-15(20)14-10-19(12-6-2-3-7-13(12)22-14)16(23)18-9-11-5-4-8-21-11/h2-3,6-7,11,14H,4-5,8-10H2,1H3,(H,17,20)(H,18,23)/t11-,14-/m1/s1. The number of anilines is 1. The third-order valence-electron chi connectivity index (χ3n) is 4.06. The molecule has 1 saturated heterocycles. The largest absolute Gasteiger partial charge is 0.477 e. The van der Waals surface area contributed by atoms with Crippen LogP contribution in [-0.2, 0) is 9.53 Å². The van der Waals surface area contributed by atoms with Crippen LogP contribution in [0.3, 0.4) is 0 Å². The monoisotopic (exact) mass is 335 g/mol. The van der Waals surface area contributed by atoms with Gasteiger partial charge in [-0.2, -0.15) is 0 Å². The van der Waals surface area contributed by atoms with Crippen LogP contribution in [0.1, 0.15) is 12.8 Å². The summed E-state index contributed by atoms with van der Waals surface area (Å²) in [6.45, 7) is 1.88. The average molecular weight is 335 g/mol. The van der Waals surface area contributed by atoms with Gasteiger partial charge in [-0.15, -0.1) is 0 Å². The minimum atomic E-state index is -0.586. The molecule has 0 bridgehead atoms. The maximum Gasteiger partial charge on any atom is 0.262 e. The summed E-state index contributed by atoms with van der Waals surface area (Å²) in [7, 11) is 1.60. The molecular formula is C16H21N3O3S. The van der Waals surface area contributed by atoms with Gasteiger partial charge in [0.15, 0.2) is 11.2 Å². The van der Waals surface area contributed by atoms with Gasteiger partial charge in [0.05, 0.1) is 18.3 Å². The zero-order valence-electron chi connectivity index (χ0n) is 13.1. The Morgan fingerprint density at radius 2 is 2.26 bits per heavy atom. The molecule has 0 aromatic heterocycles. The molecule has 6 nitrogen and oxygen atoms in total. The molecule has 23 heavy (non-hydrogen) atoms. The number of fused-ring (bicyclic) bond motifs is 1. The molecule has 0 unspecified atom stereocenters. The lowest BCUT2D eigenvalue weighted by Crippen LogP contribution is -2.53. The highest BCUT2D eigenvalue weighted by Gasteiger charge is 2.32. The van der Waals surface area contributed by atoms with E-state index in [1.807, 2.05) is 29.2 Å². The van der Waals surface area contributed by atoms with Crippen molar-refractivity contribution >= 4 is 28.9 Å². The SMILES string of the molecule is CNC(=O)[C@H]1CN(C(=S)NC[C@H]2CCCO2)c2ccccc2O1. The lowest BCUT2D eigenvalue weighted by atomic mass is 10.2. The van der Waals surface area contributed by atoms with E-state index in [9.17, 15) is 4.79 Å². The molecule has 1 fully saturated rings. The normalized spacial score (nSPS) is 22.9. The smallest absolute Gasteiger partial charge is 0.262 e. The van der Waals surface area contributed by atoms with E-state index in [1.165, 1.54) is 0 Å². The summed E-state index contributed by atoms with van der Waals surface area (Å²) < 4.78 is 11.4. The van der Waals surface area contributed by atoms with Crippen molar-refractivity contribution in [3.05, 3.63) is 24.3 Å². The molecule has 2 aliphatic rings. The first-order valence-electron chi connectivity index (χ1n) is 7.83. The summed E-state index contributed by atoms with van der Waals surface area (Å²) in [6.07, 6.45) is 1.77. The van der Waals surface area contributed by atoms with Gasteiger partial charge in [-0.3, -0.25) is 4.79 Å². The topological polar surface area (TPSA) is 62.8 Å². The second kappa shape index (κ2) is 7.14. The molecule has 7 heteroatoms. The van der Waals surface area contributed by atoms with Gasteiger partial charge in [-0.05, 0) is 37.2 Å². The van der Waals surface area contributed by atoms with Crippen molar-refractivity contribution in [3.8, 4) is 5.75 Å². The summed E-state index contributed by atoms with van der Waals surface area (Å²) in [4.78, 5) is 13.9. The van der Waals surface area contributed by atoms with E-state index in [0.29, 0.717) is 24.0 Å². The predicted octanol–water partition coefficient (Wildman–Crippen LogP) is 1.05. The van der Waals surface area contributed by atoms with Crippen molar-refractivity contribution in [2.45, 2.75) is 25.0 Å². The van der Waals surface area contributed by atoms with Crippen molar-refractivity contribution in [1.29, 1.82) is 0 Å². The first kappa shape index (κ1) is 16.0. The second-order valence-corrected chi connectivity index (χ2v) is 6.01. The van der Waals surface area contributed by atoms with Crippen molar-refractivity contribution in [3.63, 3.8) is 0 Å². The van der Waals surface area contributed by atoms with Gasteiger partial charge in [0.25, 0.3) is 5.91 Å². The molecule has 0 radical (unpaired) electrons. The fourth-order valence-electron chi connectivity index (χ4n) is 2.83. The summed E-state index contributed by atoms with van der Waals surface area (Å²) in [5.41, 5.74) is 0.873. The van der Waals surface area contributed by atoms with Crippen LogP contribution in [0.5, 0.6) is 5.75 Å². The van der Waals surface area contributed by atoms with Crippen LogP contribution in [0.25, 0.3) is 0 Å². The zero-order valence-corrected chi connectivity index (χ0v) is 13.9. The maximum atomic E-state index is 12.0. The average Bonchev–Trinajstić information content (AvgIpc) is 3.11. The van der Waals surface area contributed by atoms with E-state index in [4.69, 9.17) is 21.7 Å². The lowest BCUT2D eigenvalue weighted by molar-refractivity contribution is -0.127. The van der Waals surface area contributed by atoms with E-state index in [2.05, 4.69) is 10.6 Å². The minimum Gasteiger partial charge on any atom is -0.477 e. The first-order chi connectivity index (χ1) is 11.2. The fraction of sp³-hybridized carbons (Fsp3) is 0.500. The molecule has 3 rings (SSSR count). The van der Waals surface area contributed by atoms with Gasteiger partial charge in [0, 0.05) is 20.2 Å². The zero-order chi connectivity index (χ0) is 16.2. The third kappa shape index (κ3) is 3.56. The molecule has 124 valence electrons. The molecule has 2 heterocycles. The number of thiocarbonyl (C=S) groups is 1. The Labute approximate surface area is 141 Å². The van der Waals surface area contributed by atoms with Crippen LogP contribution >= 0.6 is 12.2 Å². The Balaban J connectivity index is 1.73. The van der Waals surface area contributed by atoms with Gasteiger partial charge >= 0.3 is 0 Å². The molecule has 1 amide bonds. The number of hydrogen-bond acceptors (Lipinski definition) is 4. The van der Waals surface area contributed by atoms with E-state index < -0.39 is 6.10 Å². The fourth-order valence-corrected chi connectivity index (χ4v) is 3.08. The quantitative estimate of drug-likeness (QED) is 0.805. The highest BCUT2D eigenvalue weighted by molar-refractivity contribution is 7.80. The number of carbonyl (C=O) groups excluding carboxylic acids is 1. The number of para-hydroxylation sites is 2. The summed E-state index contributed by atoms with van der Waals surface area (Å²) in [6, 6.07) is 7.60. The Kier molecular flexibility index (Phi) is 4.97. The maximum absolute atomic E-state index is 12.0. The van der Waals surface area contributed by atoms with Gasteiger partial charge in [-0.25, -0.2) is 0 Å². The van der Waals surface area contributed by atoms with Crippen LogP contribution in [0, 0.1) is 0 Å². The van der Waals surface area contributed by atoms with Crippen LogP contribution in [0.4, 0.5) is 5.69 Å². The van der Waals surface area contributed by atoms with E-state index >= 15 is 0 Å². The number of carbonyl (C=O) groups is 1. The number of ether oxygens (including phenoxy) is 2. The van der Waals surface area contributed by atoms with Gasteiger partial charge in [0.1, 0.15) is 5.75 Å². The molecule has 1 aromatic rings. The highest BCUT2D eigenvalue weighted by atomic mass is 32.1. The van der Waals surface area contributed by atoms with Crippen LogP contribution in [0.2, 0.25) is 0 Å². The Hall–Kier alpha value is -1.86. The highest BCUT2D eigenvalue weighted by Crippen LogP contribution is 2.33. The van der Waals surface area contributed by atoms with E-state index in [-0.39, 0.29) is 12.0 Å². The van der Waals surface area contributed by atoms with Crippen LogP contribution < -0.4 is 20.3 Å².